The first kappa shape index (κ1) is 13.0. The zero-order chi connectivity index (χ0) is 12.0. The van der Waals surface area contributed by atoms with Crippen molar-refractivity contribution in [3.63, 3.8) is 0 Å². The van der Waals surface area contributed by atoms with Crippen LogP contribution in [-0.2, 0) is 4.79 Å². The monoisotopic (exact) mass is 222 g/mol. The Balaban J connectivity index is 2.29. The number of allylic oxidation sites excluding steroid dienone is 4. The fraction of sp³-hybridized carbons (Fsp3) is 0.643. The highest BCUT2D eigenvalue weighted by atomic mass is 16.4. The van der Waals surface area contributed by atoms with Crippen LogP contribution in [0.5, 0.6) is 0 Å². The smallest absolute Gasteiger partial charge is 0.303 e. The summed E-state index contributed by atoms with van der Waals surface area (Å²) in [6.45, 7) is 4.25. The van der Waals surface area contributed by atoms with Gasteiger partial charge in [0.05, 0.1) is 0 Å². The standard InChI is InChI=1S/C14H22O2/c1-11(2)4-3-5-12-6-8-13(9-7-12)10-14(15)16/h4,6,13H,3,5,7-10H2,1-2H3,(H,15,16). The summed E-state index contributed by atoms with van der Waals surface area (Å²) in [5, 5.41) is 8.71. The lowest BCUT2D eigenvalue weighted by Crippen LogP contribution is -2.10. The number of hydrogen-bond donors (Lipinski definition) is 1. The summed E-state index contributed by atoms with van der Waals surface area (Å²) in [4.78, 5) is 10.6. The van der Waals surface area contributed by atoms with Crippen LogP contribution < -0.4 is 0 Å². The van der Waals surface area contributed by atoms with E-state index in [9.17, 15) is 4.79 Å². The number of rotatable bonds is 5. The van der Waals surface area contributed by atoms with E-state index in [4.69, 9.17) is 5.11 Å². The molecule has 1 rings (SSSR count). The van der Waals surface area contributed by atoms with Gasteiger partial charge in [-0.05, 0) is 51.9 Å². The average molecular weight is 222 g/mol. The molecule has 0 aromatic carbocycles. The van der Waals surface area contributed by atoms with Crippen LogP contribution in [0.15, 0.2) is 23.3 Å². The molecule has 0 bridgehead atoms. The lowest BCUT2D eigenvalue weighted by molar-refractivity contribution is -0.138. The molecule has 0 amide bonds. The predicted molar refractivity (Wildman–Crippen MR) is 66.3 cm³/mol. The number of hydrogen-bond acceptors (Lipinski definition) is 1. The Morgan fingerprint density at radius 2 is 2.31 bits per heavy atom. The van der Waals surface area contributed by atoms with E-state index in [0.717, 1.165) is 32.1 Å². The van der Waals surface area contributed by atoms with Gasteiger partial charge in [0.2, 0.25) is 0 Å². The molecule has 2 heteroatoms. The fourth-order valence-corrected chi connectivity index (χ4v) is 2.15. The Morgan fingerprint density at radius 1 is 1.56 bits per heavy atom. The highest BCUT2D eigenvalue weighted by molar-refractivity contribution is 5.67. The first-order valence-electron chi connectivity index (χ1n) is 6.11. The van der Waals surface area contributed by atoms with Gasteiger partial charge in [0.1, 0.15) is 0 Å². The van der Waals surface area contributed by atoms with E-state index in [0.29, 0.717) is 12.3 Å². The van der Waals surface area contributed by atoms with Crippen molar-refractivity contribution in [1.29, 1.82) is 0 Å². The number of carbonyl (C=O) groups is 1. The molecular weight excluding hydrogens is 200 g/mol. The van der Waals surface area contributed by atoms with E-state index >= 15 is 0 Å². The van der Waals surface area contributed by atoms with Crippen LogP contribution in [0.2, 0.25) is 0 Å². The van der Waals surface area contributed by atoms with Crippen molar-refractivity contribution in [3.8, 4) is 0 Å². The normalized spacial score (nSPS) is 20.1. The van der Waals surface area contributed by atoms with Crippen LogP contribution in [0.4, 0.5) is 0 Å². The van der Waals surface area contributed by atoms with Gasteiger partial charge >= 0.3 is 5.97 Å². The minimum atomic E-state index is -0.661. The molecule has 0 saturated heterocycles. The maximum Gasteiger partial charge on any atom is 0.303 e. The van der Waals surface area contributed by atoms with Crippen LogP contribution in [0, 0.1) is 5.92 Å². The first-order valence-corrected chi connectivity index (χ1v) is 6.11. The lowest BCUT2D eigenvalue weighted by atomic mass is 9.86. The molecule has 0 fully saturated rings. The molecule has 16 heavy (non-hydrogen) atoms. The van der Waals surface area contributed by atoms with E-state index in [1.54, 1.807) is 0 Å². The third-order valence-electron chi connectivity index (χ3n) is 3.09. The van der Waals surface area contributed by atoms with Crippen molar-refractivity contribution >= 4 is 5.97 Å². The molecule has 0 radical (unpaired) electrons. The fourth-order valence-electron chi connectivity index (χ4n) is 2.15. The van der Waals surface area contributed by atoms with Crippen molar-refractivity contribution in [2.75, 3.05) is 0 Å². The molecule has 0 aromatic rings. The van der Waals surface area contributed by atoms with Gasteiger partial charge in [0, 0.05) is 6.42 Å². The molecule has 0 aliphatic heterocycles. The second kappa shape index (κ2) is 6.51. The van der Waals surface area contributed by atoms with Gasteiger partial charge in [-0.25, -0.2) is 0 Å². The molecule has 2 nitrogen and oxygen atoms in total. The van der Waals surface area contributed by atoms with Gasteiger partial charge in [-0.2, -0.15) is 0 Å². The van der Waals surface area contributed by atoms with Crippen LogP contribution in [0.1, 0.15) is 52.4 Å². The van der Waals surface area contributed by atoms with Gasteiger partial charge in [0.25, 0.3) is 0 Å². The Morgan fingerprint density at radius 3 is 2.81 bits per heavy atom. The topological polar surface area (TPSA) is 37.3 Å². The summed E-state index contributed by atoms with van der Waals surface area (Å²) in [6, 6.07) is 0. The third-order valence-corrected chi connectivity index (χ3v) is 3.09. The Hall–Kier alpha value is -1.05. The van der Waals surface area contributed by atoms with Gasteiger partial charge in [0.15, 0.2) is 0 Å². The van der Waals surface area contributed by atoms with Crippen LogP contribution in [0.25, 0.3) is 0 Å². The van der Waals surface area contributed by atoms with Gasteiger partial charge < -0.3 is 5.11 Å². The Labute approximate surface area is 98.1 Å². The van der Waals surface area contributed by atoms with E-state index in [1.165, 1.54) is 11.1 Å². The molecule has 1 N–H and O–H groups in total. The highest BCUT2D eigenvalue weighted by Crippen LogP contribution is 2.28. The van der Waals surface area contributed by atoms with Crippen molar-refractivity contribution in [1.82, 2.24) is 0 Å². The largest absolute Gasteiger partial charge is 0.481 e. The maximum atomic E-state index is 10.6. The second-order valence-corrected chi connectivity index (χ2v) is 4.92. The zero-order valence-corrected chi connectivity index (χ0v) is 10.3. The highest BCUT2D eigenvalue weighted by Gasteiger charge is 2.16. The zero-order valence-electron chi connectivity index (χ0n) is 10.3. The summed E-state index contributed by atoms with van der Waals surface area (Å²) in [6.07, 6.45) is 10.2. The van der Waals surface area contributed by atoms with Crippen molar-refractivity contribution in [3.05, 3.63) is 23.3 Å². The quantitative estimate of drug-likeness (QED) is 0.715. The van der Waals surface area contributed by atoms with E-state index in [1.807, 2.05) is 0 Å². The second-order valence-electron chi connectivity index (χ2n) is 4.92. The predicted octanol–water partition coefficient (Wildman–Crippen LogP) is 3.93. The maximum absolute atomic E-state index is 10.6. The van der Waals surface area contributed by atoms with Crippen LogP contribution >= 0.6 is 0 Å². The third kappa shape index (κ3) is 5.15. The van der Waals surface area contributed by atoms with Crippen LogP contribution in [-0.4, -0.2) is 11.1 Å². The average Bonchev–Trinajstić information content (AvgIpc) is 2.19. The van der Waals surface area contributed by atoms with E-state index in [2.05, 4.69) is 26.0 Å². The summed E-state index contributed by atoms with van der Waals surface area (Å²) in [5.41, 5.74) is 2.89. The van der Waals surface area contributed by atoms with Gasteiger partial charge in [-0.3, -0.25) is 4.79 Å². The molecular formula is C14H22O2. The molecule has 1 aliphatic carbocycles. The molecule has 1 atom stereocenters. The molecule has 1 aliphatic rings. The first-order chi connectivity index (χ1) is 7.58. The number of aliphatic carboxylic acids is 1. The number of carboxylic acids is 1. The molecule has 0 aromatic heterocycles. The van der Waals surface area contributed by atoms with Gasteiger partial charge in [-0.15, -0.1) is 0 Å². The van der Waals surface area contributed by atoms with E-state index in [-0.39, 0.29) is 0 Å². The van der Waals surface area contributed by atoms with Gasteiger partial charge in [-0.1, -0.05) is 23.3 Å². The van der Waals surface area contributed by atoms with Crippen molar-refractivity contribution in [2.45, 2.75) is 52.4 Å². The lowest BCUT2D eigenvalue weighted by Gasteiger charge is -2.20. The van der Waals surface area contributed by atoms with Crippen molar-refractivity contribution < 1.29 is 9.90 Å². The van der Waals surface area contributed by atoms with Crippen molar-refractivity contribution in [2.24, 2.45) is 5.92 Å². The molecule has 90 valence electrons. The van der Waals surface area contributed by atoms with Crippen LogP contribution in [0.3, 0.4) is 0 Å². The summed E-state index contributed by atoms with van der Waals surface area (Å²) in [7, 11) is 0. The minimum Gasteiger partial charge on any atom is -0.481 e. The summed E-state index contributed by atoms with van der Waals surface area (Å²) < 4.78 is 0. The Bertz CT molecular complexity index is 296. The molecule has 0 heterocycles. The molecule has 0 saturated carbocycles. The SMILES string of the molecule is CC(C)=CCCC1=CCC(CC(=O)O)CC1. The summed E-state index contributed by atoms with van der Waals surface area (Å²) in [5.74, 6) is -0.295. The summed E-state index contributed by atoms with van der Waals surface area (Å²) >= 11 is 0. The molecule has 0 spiro atoms. The minimum absolute atomic E-state index is 0.331. The van der Waals surface area contributed by atoms with E-state index < -0.39 is 5.97 Å². The molecule has 1 unspecified atom stereocenters. The number of carboxylic acid groups (broad SMARTS) is 1. The Kier molecular flexibility index (Phi) is 5.30.